The summed E-state index contributed by atoms with van der Waals surface area (Å²) in [5.74, 6) is -0.369. The van der Waals surface area contributed by atoms with Crippen LogP contribution in [-0.2, 0) is 4.79 Å². The fourth-order valence-electron chi connectivity index (χ4n) is 4.69. The summed E-state index contributed by atoms with van der Waals surface area (Å²) in [6, 6.07) is 16.4. The molecule has 0 aliphatic carbocycles. The summed E-state index contributed by atoms with van der Waals surface area (Å²) in [7, 11) is 0. The molecule has 43 heavy (non-hydrogen) atoms. The van der Waals surface area contributed by atoms with E-state index < -0.39 is 23.8 Å². The molecule has 5 amide bonds. The number of carbonyl (C=O) groups is 3. The number of halogens is 4. The Morgan fingerprint density at radius 3 is 2.14 bits per heavy atom. The average Bonchev–Trinajstić information content (AvgIpc) is 3.14. The molecule has 1 heterocycles. The fraction of sp³-hybridized carbons (Fsp3) is 0.241. The zero-order chi connectivity index (χ0) is 31.3. The number of nitrogens with zero attached hydrogens (tertiary/aromatic N) is 4. The van der Waals surface area contributed by atoms with E-state index in [1.807, 2.05) is 0 Å². The van der Waals surface area contributed by atoms with Gasteiger partial charge in [-0.2, -0.15) is 10.2 Å². The minimum absolute atomic E-state index is 0.0546. The first kappa shape index (κ1) is 32.4. The molecule has 226 valence electrons. The molecule has 0 saturated carbocycles. The lowest BCUT2D eigenvalue weighted by molar-refractivity contribution is -0.121. The topological polar surface area (TPSA) is 118 Å². The van der Waals surface area contributed by atoms with Gasteiger partial charge in [0.15, 0.2) is 6.17 Å². The highest BCUT2D eigenvalue weighted by Crippen LogP contribution is 2.38. The van der Waals surface area contributed by atoms with Gasteiger partial charge in [0.2, 0.25) is 5.91 Å². The summed E-state index contributed by atoms with van der Waals surface area (Å²) in [6.45, 7) is 3.61. The Balaban J connectivity index is 1.47. The number of rotatable bonds is 9. The summed E-state index contributed by atoms with van der Waals surface area (Å²) in [4.78, 5) is 42.2. The van der Waals surface area contributed by atoms with Gasteiger partial charge in [0.05, 0.1) is 11.8 Å². The molecule has 10 nitrogen and oxygen atoms in total. The highest BCUT2D eigenvalue weighted by Gasteiger charge is 2.55. The van der Waals surface area contributed by atoms with Crippen molar-refractivity contribution < 1.29 is 19.6 Å². The van der Waals surface area contributed by atoms with Crippen molar-refractivity contribution in [3.05, 3.63) is 92.4 Å². The number of urea groups is 2. The van der Waals surface area contributed by atoms with E-state index >= 15 is 0 Å². The monoisotopic (exact) mass is 664 g/mol. The molecule has 0 aromatic heterocycles. The first-order chi connectivity index (χ1) is 20.4. The van der Waals surface area contributed by atoms with Gasteiger partial charge in [-0.1, -0.05) is 46.4 Å². The SMILES string of the molecule is CC1(C)[C@H](N(O)C(=O)Nc2ccc(Cl)cc2)N(c2ccc(Cl)cc2)C(=O)N1CCCC(=O)N/N=C/c1cc(Cl)cc(Cl)c1. The zero-order valence-corrected chi connectivity index (χ0v) is 26.1. The minimum Gasteiger partial charge on any atom is -0.315 e. The number of anilines is 2. The summed E-state index contributed by atoms with van der Waals surface area (Å²) < 4.78 is 0. The average molecular weight is 666 g/mol. The molecule has 0 spiro atoms. The predicted octanol–water partition coefficient (Wildman–Crippen LogP) is 7.50. The standard InChI is InChI=1S/C29H28Cl4N6O4/c1-29(2)26(39(43)27(41)35-23-9-5-19(30)6-10-23)38(24-11-7-20(31)8-12-24)28(42)37(29)13-3-4-25(40)36-34-17-18-14-21(32)16-22(33)15-18/h5-12,14-17,26,43H,3-4,13H2,1-2H3,(H,35,41)(H,36,40)/b34-17+/t26-/m0/s1. The van der Waals surface area contributed by atoms with Crippen LogP contribution in [0.2, 0.25) is 20.1 Å². The van der Waals surface area contributed by atoms with E-state index in [1.165, 1.54) is 16.0 Å². The number of hydroxylamine groups is 2. The number of benzene rings is 3. The first-order valence-electron chi connectivity index (χ1n) is 13.1. The third-order valence-corrected chi connectivity index (χ3v) is 7.66. The summed E-state index contributed by atoms with van der Waals surface area (Å²) in [6.07, 6.45) is 0.612. The lowest BCUT2D eigenvalue weighted by Crippen LogP contribution is -2.58. The van der Waals surface area contributed by atoms with E-state index in [0.29, 0.717) is 42.1 Å². The van der Waals surface area contributed by atoms with Gasteiger partial charge in [-0.25, -0.2) is 15.0 Å². The molecule has 3 N–H and O–H groups in total. The predicted molar refractivity (Wildman–Crippen MR) is 169 cm³/mol. The van der Waals surface area contributed by atoms with Crippen LogP contribution in [0, 0.1) is 0 Å². The van der Waals surface area contributed by atoms with Crippen LogP contribution in [-0.4, -0.2) is 57.6 Å². The van der Waals surface area contributed by atoms with Gasteiger partial charge >= 0.3 is 12.1 Å². The van der Waals surface area contributed by atoms with Crippen LogP contribution < -0.4 is 15.6 Å². The van der Waals surface area contributed by atoms with Gasteiger partial charge in [-0.15, -0.1) is 0 Å². The van der Waals surface area contributed by atoms with Crippen molar-refractivity contribution >= 4 is 82.0 Å². The van der Waals surface area contributed by atoms with Crippen molar-refractivity contribution in [3.8, 4) is 0 Å². The Kier molecular flexibility index (Phi) is 10.4. The van der Waals surface area contributed by atoms with Crippen molar-refractivity contribution in [2.75, 3.05) is 16.8 Å². The molecule has 14 heteroatoms. The fourth-order valence-corrected chi connectivity index (χ4v) is 5.48. The Morgan fingerprint density at radius 1 is 0.953 bits per heavy atom. The Hall–Kier alpha value is -3.54. The maximum Gasteiger partial charge on any atom is 0.347 e. The number of nitrogens with one attached hydrogen (secondary N) is 2. The van der Waals surface area contributed by atoms with Crippen LogP contribution in [0.5, 0.6) is 0 Å². The second-order valence-electron chi connectivity index (χ2n) is 10.2. The maximum absolute atomic E-state index is 13.8. The molecular weight excluding hydrogens is 638 g/mol. The first-order valence-corrected chi connectivity index (χ1v) is 14.6. The van der Waals surface area contributed by atoms with Gasteiger partial charge in [-0.05, 0) is 92.6 Å². The van der Waals surface area contributed by atoms with Crippen molar-refractivity contribution in [2.45, 2.75) is 38.4 Å². The second-order valence-corrected chi connectivity index (χ2v) is 11.9. The van der Waals surface area contributed by atoms with E-state index in [0.717, 1.165) is 0 Å². The number of carbonyl (C=O) groups excluding carboxylic acids is 3. The van der Waals surface area contributed by atoms with Crippen LogP contribution in [0.4, 0.5) is 21.0 Å². The van der Waals surface area contributed by atoms with Crippen LogP contribution in [0.25, 0.3) is 0 Å². The van der Waals surface area contributed by atoms with Crippen LogP contribution in [0.3, 0.4) is 0 Å². The minimum atomic E-state index is -1.14. The van der Waals surface area contributed by atoms with Crippen molar-refractivity contribution in [1.29, 1.82) is 0 Å². The molecule has 1 aliphatic heterocycles. The third kappa shape index (κ3) is 7.90. The second kappa shape index (κ2) is 13.8. The summed E-state index contributed by atoms with van der Waals surface area (Å²) >= 11 is 24.0. The van der Waals surface area contributed by atoms with Gasteiger partial charge in [-0.3, -0.25) is 14.9 Å². The van der Waals surface area contributed by atoms with E-state index in [-0.39, 0.29) is 25.3 Å². The normalized spacial score (nSPS) is 16.1. The van der Waals surface area contributed by atoms with Gasteiger partial charge in [0, 0.05) is 44.4 Å². The molecular formula is C29H28Cl4N6O4. The maximum atomic E-state index is 13.8. The quantitative estimate of drug-likeness (QED) is 0.125. The van der Waals surface area contributed by atoms with E-state index in [4.69, 9.17) is 46.4 Å². The molecule has 1 fully saturated rings. The number of hydrazone groups is 1. The van der Waals surface area contributed by atoms with Crippen LogP contribution in [0.1, 0.15) is 32.3 Å². The van der Waals surface area contributed by atoms with E-state index in [1.54, 1.807) is 80.6 Å². The Morgan fingerprint density at radius 2 is 1.53 bits per heavy atom. The van der Waals surface area contributed by atoms with Gasteiger partial charge < -0.3 is 10.2 Å². The zero-order valence-electron chi connectivity index (χ0n) is 23.1. The number of hydrogen-bond acceptors (Lipinski definition) is 5. The molecule has 3 aromatic carbocycles. The molecule has 1 saturated heterocycles. The molecule has 0 radical (unpaired) electrons. The molecule has 3 aromatic rings. The third-order valence-electron chi connectivity index (χ3n) is 6.72. The molecule has 1 atom stereocenters. The molecule has 0 bridgehead atoms. The van der Waals surface area contributed by atoms with Crippen LogP contribution >= 0.6 is 46.4 Å². The Labute approximate surface area is 268 Å². The van der Waals surface area contributed by atoms with Crippen molar-refractivity contribution in [1.82, 2.24) is 15.4 Å². The highest BCUT2D eigenvalue weighted by atomic mass is 35.5. The van der Waals surface area contributed by atoms with Crippen molar-refractivity contribution in [3.63, 3.8) is 0 Å². The van der Waals surface area contributed by atoms with E-state index in [2.05, 4.69) is 15.8 Å². The molecule has 1 aliphatic rings. The molecule has 0 unspecified atom stereocenters. The largest absolute Gasteiger partial charge is 0.347 e. The summed E-state index contributed by atoms with van der Waals surface area (Å²) in [5, 5.41) is 20.0. The summed E-state index contributed by atoms with van der Waals surface area (Å²) in [5.41, 5.74) is 2.78. The lowest BCUT2D eigenvalue weighted by atomic mass is 9.99. The van der Waals surface area contributed by atoms with Gasteiger partial charge in [0.25, 0.3) is 0 Å². The highest BCUT2D eigenvalue weighted by molar-refractivity contribution is 6.35. The smallest absolute Gasteiger partial charge is 0.315 e. The van der Waals surface area contributed by atoms with E-state index in [9.17, 15) is 19.6 Å². The lowest BCUT2D eigenvalue weighted by Gasteiger charge is -2.38. The number of hydrogen-bond donors (Lipinski definition) is 3. The Bertz CT molecular complexity index is 1500. The van der Waals surface area contributed by atoms with Crippen molar-refractivity contribution in [2.24, 2.45) is 5.10 Å². The van der Waals surface area contributed by atoms with Crippen LogP contribution in [0.15, 0.2) is 71.8 Å². The molecule has 4 rings (SSSR count). The van der Waals surface area contributed by atoms with Gasteiger partial charge in [0.1, 0.15) is 0 Å². The number of amides is 5.